The van der Waals surface area contributed by atoms with Crippen molar-refractivity contribution in [3.8, 4) is 55.6 Å². The Morgan fingerprint density at radius 1 is 0.393 bits per heavy atom. The van der Waals surface area contributed by atoms with E-state index in [0.717, 1.165) is 61.1 Å². The fourth-order valence-corrected chi connectivity index (χ4v) is 8.45. The largest absolute Gasteiger partial charge is 0.310 e. The zero-order valence-electron chi connectivity index (χ0n) is 35.3. The Labute approximate surface area is 335 Å². The number of hydrogen-bond donors (Lipinski definition) is 0. The van der Waals surface area contributed by atoms with Crippen molar-refractivity contribution in [2.24, 2.45) is 0 Å². The molecule has 1 nitrogen and oxygen atoms in total. The molecule has 1 aliphatic rings. The highest BCUT2D eigenvalue weighted by atomic mass is 15.1. The second-order valence-electron chi connectivity index (χ2n) is 15.1. The normalized spacial score (nSPS) is 13.6. The van der Waals surface area contributed by atoms with E-state index >= 15 is 0 Å². The topological polar surface area (TPSA) is 3.24 Å². The van der Waals surface area contributed by atoms with Gasteiger partial charge in [-0.25, -0.2) is 0 Å². The lowest BCUT2D eigenvalue weighted by molar-refractivity contribution is 0.660. The second kappa shape index (κ2) is 13.7. The highest BCUT2D eigenvalue weighted by Gasteiger charge is 2.35. The zero-order valence-corrected chi connectivity index (χ0v) is 31.3. The molecule has 266 valence electrons. The van der Waals surface area contributed by atoms with Crippen LogP contribution >= 0.6 is 0 Å². The van der Waals surface area contributed by atoms with Crippen LogP contribution in [0, 0.1) is 0 Å². The summed E-state index contributed by atoms with van der Waals surface area (Å²) < 4.78 is 37.8. The monoisotopic (exact) mass is 719 g/mol. The van der Waals surface area contributed by atoms with Crippen molar-refractivity contribution >= 4 is 27.8 Å². The average molecular weight is 720 g/mol. The smallest absolute Gasteiger partial charge is 0.0651 e. The van der Waals surface area contributed by atoms with Gasteiger partial charge < -0.3 is 4.90 Å². The first-order valence-electron chi connectivity index (χ1n) is 21.2. The molecule has 9 aromatic carbocycles. The Balaban J connectivity index is 1.18. The van der Waals surface area contributed by atoms with E-state index in [4.69, 9.17) is 0 Å². The summed E-state index contributed by atoms with van der Waals surface area (Å²) in [4.78, 5) is 1.95. The van der Waals surface area contributed by atoms with Crippen LogP contribution in [0.25, 0.3) is 66.4 Å². The summed E-state index contributed by atoms with van der Waals surface area (Å²) in [5.41, 5.74) is 13.9. The van der Waals surface area contributed by atoms with Crippen molar-refractivity contribution in [2.45, 2.75) is 19.3 Å². The van der Waals surface area contributed by atoms with E-state index in [9.17, 15) is 5.48 Å². The summed E-state index contributed by atoms with van der Waals surface area (Å²) in [6, 6.07) is 64.2. The Morgan fingerprint density at radius 3 is 1.66 bits per heavy atom. The summed E-state index contributed by atoms with van der Waals surface area (Å²) >= 11 is 0. The molecular weight excluding hydrogens is 675 g/mol. The van der Waals surface area contributed by atoms with Gasteiger partial charge in [0.1, 0.15) is 0 Å². The molecule has 0 radical (unpaired) electrons. The standard InChI is InChI=1S/C55H41N/c1-55(2)53-26-12-11-24-51(53)52-32-31-48(37-54(52)55)56(47-22-13-21-42(36-47)50-25-14-20-41-19-9-10-23-49(41)50)46-29-27-40(28-30-46)45-34-43(38-15-5-3-6-16-38)33-44(35-45)39-17-7-4-8-18-39/h3-37H,1-2H3/i13D,21D,22D,36D. The van der Waals surface area contributed by atoms with E-state index in [1.54, 1.807) is 0 Å². The van der Waals surface area contributed by atoms with E-state index < -0.39 is 0 Å². The number of anilines is 3. The molecule has 0 aromatic heterocycles. The molecule has 1 heteroatoms. The number of hydrogen-bond acceptors (Lipinski definition) is 1. The Bertz CT molecular complexity index is 3040. The van der Waals surface area contributed by atoms with Gasteiger partial charge in [0.2, 0.25) is 0 Å². The molecule has 0 N–H and O–H groups in total. The molecule has 0 saturated heterocycles. The third-order valence-electron chi connectivity index (χ3n) is 11.3. The molecule has 0 saturated carbocycles. The Hall–Kier alpha value is -6.96. The summed E-state index contributed by atoms with van der Waals surface area (Å²) in [5, 5.41) is 1.88. The number of benzene rings is 9. The van der Waals surface area contributed by atoms with Gasteiger partial charge in [0, 0.05) is 22.5 Å². The quantitative estimate of drug-likeness (QED) is 0.159. The van der Waals surface area contributed by atoms with Crippen LogP contribution in [-0.4, -0.2) is 0 Å². The van der Waals surface area contributed by atoms with Gasteiger partial charge in [-0.1, -0.05) is 172 Å². The third-order valence-corrected chi connectivity index (χ3v) is 11.3. The zero-order chi connectivity index (χ0) is 41.1. The molecule has 0 heterocycles. The van der Waals surface area contributed by atoms with Crippen LogP contribution in [0.5, 0.6) is 0 Å². The molecule has 0 amide bonds. The van der Waals surface area contributed by atoms with Gasteiger partial charge in [-0.3, -0.25) is 0 Å². The predicted molar refractivity (Wildman–Crippen MR) is 238 cm³/mol. The van der Waals surface area contributed by atoms with Crippen molar-refractivity contribution in [3.63, 3.8) is 0 Å². The predicted octanol–water partition coefficient (Wildman–Crippen LogP) is 15.3. The van der Waals surface area contributed by atoms with Gasteiger partial charge in [0.15, 0.2) is 0 Å². The summed E-state index contributed by atoms with van der Waals surface area (Å²) in [6.07, 6.45) is 0. The third kappa shape index (κ3) is 5.90. The minimum Gasteiger partial charge on any atom is -0.310 e. The van der Waals surface area contributed by atoms with Crippen molar-refractivity contribution in [3.05, 3.63) is 223 Å². The van der Waals surface area contributed by atoms with E-state index in [1.807, 2.05) is 59.5 Å². The number of fused-ring (bicyclic) bond motifs is 4. The maximum atomic E-state index is 9.93. The fourth-order valence-electron chi connectivity index (χ4n) is 8.45. The average Bonchev–Trinajstić information content (AvgIpc) is 3.53. The number of nitrogens with zero attached hydrogens (tertiary/aromatic N) is 1. The molecule has 1 aliphatic carbocycles. The molecular formula is C55H41N. The van der Waals surface area contributed by atoms with E-state index in [2.05, 4.69) is 147 Å². The molecule has 0 spiro atoms. The van der Waals surface area contributed by atoms with Crippen molar-refractivity contribution in [2.75, 3.05) is 4.90 Å². The first kappa shape index (κ1) is 29.4. The van der Waals surface area contributed by atoms with Gasteiger partial charge in [-0.2, -0.15) is 0 Å². The van der Waals surface area contributed by atoms with Crippen LogP contribution in [0.2, 0.25) is 0 Å². The Kier molecular flexibility index (Phi) is 7.20. The van der Waals surface area contributed by atoms with Crippen molar-refractivity contribution < 1.29 is 5.48 Å². The molecule has 0 bridgehead atoms. The maximum absolute atomic E-state index is 9.93. The first-order valence-corrected chi connectivity index (χ1v) is 19.2. The van der Waals surface area contributed by atoms with Crippen LogP contribution < -0.4 is 4.90 Å². The van der Waals surface area contributed by atoms with E-state index in [1.165, 1.54) is 16.7 Å². The van der Waals surface area contributed by atoms with Crippen LogP contribution in [0.15, 0.2) is 212 Å². The molecule has 56 heavy (non-hydrogen) atoms. The highest BCUT2D eigenvalue weighted by Crippen LogP contribution is 2.51. The summed E-state index contributed by atoms with van der Waals surface area (Å²) in [7, 11) is 0. The van der Waals surface area contributed by atoms with Gasteiger partial charge >= 0.3 is 0 Å². The lowest BCUT2D eigenvalue weighted by Gasteiger charge is -2.28. The van der Waals surface area contributed by atoms with Crippen LogP contribution in [0.4, 0.5) is 17.1 Å². The van der Waals surface area contributed by atoms with Crippen LogP contribution in [0.3, 0.4) is 0 Å². The lowest BCUT2D eigenvalue weighted by Crippen LogP contribution is -2.16. The molecule has 0 aliphatic heterocycles. The second-order valence-corrected chi connectivity index (χ2v) is 15.1. The van der Waals surface area contributed by atoms with E-state index in [-0.39, 0.29) is 35.3 Å². The van der Waals surface area contributed by atoms with Crippen LogP contribution in [0.1, 0.15) is 30.5 Å². The molecule has 0 atom stereocenters. The molecule has 0 unspecified atom stereocenters. The lowest BCUT2D eigenvalue weighted by atomic mass is 9.82. The molecule has 10 rings (SSSR count). The SMILES string of the molecule is [2H]c1c([2H])c(-c2cccc3ccccc23)c([2H])c(N(c2ccc(-c3cc(-c4ccccc4)cc(-c4ccccc4)c3)cc2)c2ccc3c(c2)C(C)(C)c2ccccc2-3)c1[2H]. The Morgan fingerprint density at radius 2 is 0.946 bits per heavy atom. The molecule has 0 fully saturated rings. The van der Waals surface area contributed by atoms with Gasteiger partial charge in [0.25, 0.3) is 0 Å². The minimum atomic E-state index is -0.287. The van der Waals surface area contributed by atoms with Crippen LogP contribution in [-0.2, 0) is 5.41 Å². The van der Waals surface area contributed by atoms with E-state index in [0.29, 0.717) is 11.1 Å². The molecule has 9 aromatic rings. The van der Waals surface area contributed by atoms with Crippen molar-refractivity contribution in [1.29, 1.82) is 0 Å². The number of rotatable bonds is 7. The highest BCUT2D eigenvalue weighted by molar-refractivity contribution is 5.97. The summed E-state index contributed by atoms with van der Waals surface area (Å²) in [6.45, 7) is 4.49. The fraction of sp³-hybridized carbons (Fsp3) is 0.0545. The maximum Gasteiger partial charge on any atom is 0.0651 e. The minimum absolute atomic E-state index is 0.0348. The summed E-state index contributed by atoms with van der Waals surface area (Å²) in [5.74, 6) is 0. The first-order chi connectivity index (χ1) is 29.2. The van der Waals surface area contributed by atoms with Gasteiger partial charge in [-0.05, 0) is 132 Å². The van der Waals surface area contributed by atoms with Gasteiger partial charge in [0.05, 0.1) is 5.48 Å². The van der Waals surface area contributed by atoms with Gasteiger partial charge in [-0.15, -0.1) is 0 Å². The van der Waals surface area contributed by atoms with Crippen molar-refractivity contribution in [1.82, 2.24) is 0 Å².